The molecule has 1 saturated carbocycles. The van der Waals surface area contributed by atoms with Crippen molar-refractivity contribution in [1.82, 2.24) is 0 Å². The predicted molar refractivity (Wildman–Crippen MR) is 121 cm³/mol. The summed E-state index contributed by atoms with van der Waals surface area (Å²) in [5.41, 5.74) is -1.59. The number of Topliss-reactive ketones (excluding diaryl/α,β-unsaturated/α-hetero) is 1. The number of hydrogen-bond donors (Lipinski definition) is 0. The van der Waals surface area contributed by atoms with Crippen molar-refractivity contribution in [1.29, 1.82) is 0 Å². The van der Waals surface area contributed by atoms with Gasteiger partial charge in [0.25, 0.3) is 0 Å². The van der Waals surface area contributed by atoms with Crippen LogP contribution in [0.4, 0.5) is 0 Å². The molecule has 1 aromatic rings. The topological polar surface area (TPSA) is 89.5 Å². The molecule has 2 bridgehead atoms. The van der Waals surface area contributed by atoms with Gasteiger partial charge in [0.15, 0.2) is 22.9 Å². The predicted octanol–water partition coefficient (Wildman–Crippen LogP) is 3.44. The average Bonchev–Trinajstić information content (AvgIpc) is 2.95. The zero-order valence-electron chi connectivity index (χ0n) is 20.2. The molecule has 180 valence electrons. The summed E-state index contributed by atoms with van der Waals surface area (Å²) in [7, 11) is 7.48. The van der Waals surface area contributed by atoms with Crippen molar-refractivity contribution in [3.63, 3.8) is 0 Å². The number of benzene rings is 1. The number of hydrogen-bond acceptors (Lipinski definition) is 8. The summed E-state index contributed by atoms with van der Waals surface area (Å²) < 4.78 is 34.0. The first-order valence-electron chi connectivity index (χ1n) is 10.7. The molecule has 2 aliphatic carbocycles. The summed E-state index contributed by atoms with van der Waals surface area (Å²) in [5, 5.41) is 0. The van der Waals surface area contributed by atoms with Gasteiger partial charge in [0.2, 0.25) is 11.5 Å². The Morgan fingerprint density at radius 2 is 1.67 bits per heavy atom. The van der Waals surface area contributed by atoms with Gasteiger partial charge < -0.3 is 28.4 Å². The first kappa shape index (κ1) is 24.6. The van der Waals surface area contributed by atoms with Crippen LogP contribution in [0.2, 0.25) is 0 Å². The molecular formula is C25H32O8. The van der Waals surface area contributed by atoms with Crippen molar-refractivity contribution in [2.45, 2.75) is 37.9 Å². The molecule has 2 aliphatic rings. The lowest BCUT2D eigenvalue weighted by Crippen LogP contribution is -2.59. The summed E-state index contributed by atoms with van der Waals surface area (Å²) in [6, 6.07) is 3.60. The van der Waals surface area contributed by atoms with Gasteiger partial charge in [-0.3, -0.25) is 9.59 Å². The number of methoxy groups -OCH3 is 5. The molecule has 0 saturated heterocycles. The minimum atomic E-state index is -1.53. The average molecular weight is 461 g/mol. The van der Waals surface area contributed by atoms with Gasteiger partial charge in [-0.15, -0.1) is 6.58 Å². The van der Waals surface area contributed by atoms with Gasteiger partial charge in [-0.2, -0.15) is 0 Å². The maximum absolute atomic E-state index is 13.8. The Balaban J connectivity index is 2.37. The standard InChI is InChI=1S/C25H32O8/c1-9-10-24-13-19(30-6)22(27)25(32-8,23(24)33-15(3)26)20(14(24)2)16-11-17(28-4)21(31-7)18(12-16)29-5/h9,11-14,20,23H,1,10H2,2-8H3/t14-,20+,23-,24+,25+/m0/s1. The molecule has 0 radical (unpaired) electrons. The minimum absolute atomic E-state index is 0.170. The third kappa shape index (κ3) is 3.39. The van der Waals surface area contributed by atoms with Crippen molar-refractivity contribution >= 4 is 11.8 Å². The van der Waals surface area contributed by atoms with E-state index in [1.54, 1.807) is 24.3 Å². The Bertz CT molecular complexity index is 958. The molecule has 33 heavy (non-hydrogen) atoms. The van der Waals surface area contributed by atoms with Gasteiger partial charge in [-0.05, 0) is 36.1 Å². The molecule has 5 atom stereocenters. The Hall–Kier alpha value is -3.00. The van der Waals surface area contributed by atoms with E-state index in [2.05, 4.69) is 6.58 Å². The third-order valence-electron chi connectivity index (χ3n) is 7.05. The van der Waals surface area contributed by atoms with Crippen molar-refractivity contribution < 1.29 is 38.0 Å². The Labute approximate surface area is 194 Å². The molecular weight excluding hydrogens is 428 g/mol. The highest BCUT2D eigenvalue weighted by atomic mass is 16.6. The maximum Gasteiger partial charge on any atom is 0.303 e. The van der Waals surface area contributed by atoms with E-state index in [1.165, 1.54) is 42.5 Å². The Morgan fingerprint density at radius 3 is 2.09 bits per heavy atom. The van der Waals surface area contributed by atoms with E-state index < -0.39 is 29.0 Å². The number of allylic oxidation sites excluding steroid dienone is 1. The van der Waals surface area contributed by atoms with Gasteiger partial charge >= 0.3 is 5.97 Å². The van der Waals surface area contributed by atoms with E-state index in [0.29, 0.717) is 23.7 Å². The number of fused-ring (bicyclic) bond motifs is 2. The molecule has 0 amide bonds. The fraction of sp³-hybridized carbons (Fsp3) is 0.520. The van der Waals surface area contributed by atoms with Crippen LogP contribution in [0, 0.1) is 11.3 Å². The van der Waals surface area contributed by atoms with Crippen LogP contribution < -0.4 is 14.2 Å². The summed E-state index contributed by atoms with van der Waals surface area (Å²) in [6.07, 6.45) is 3.07. The largest absolute Gasteiger partial charge is 0.493 e. The number of carbonyl (C=O) groups excluding carboxylic acids is 2. The first-order valence-corrected chi connectivity index (χ1v) is 10.7. The number of rotatable bonds is 9. The lowest BCUT2D eigenvalue weighted by atomic mass is 9.69. The molecule has 0 unspecified atom stereocenters. The van der Waals surface area contributed by atoms with Crippen LogP contribution >= 0.6 is 0 Å². The second-order valence-electron chi connectivity index (χ2n) is 8.36. The van der Waals surface area contributed by atoms with Crippen molar-refractivity contribution in [2.75, 3.05) is 35.5 Å². The lowest BCUT2D eigenvalue weighted by Gasteiger charge is -2.43. The summed E-state index contributed by atoms with van der Waals surface area (Å²) >= 11 is 0. The highest BCUT2D eigenvalue weighted by Crippen LogP contribution is 2.65. The summed E-state index contributed by atoms with van der Waals surface area (Å²) in [5.74, 6) is -0.152. The van der Waals surface area contributed by atoms with Crippen molar-refractivity contribution in [3.05, 3.63) is 42.2 Å². The third-order valence-corrected chi connectivity index (χ3v) is 7.05. The molecule has 8 heteroatoms. The van der Waals surface area contributed by atoms with Crippen LogP contribution in [0.15, 0.2) is 36.6 Å². The van der Waals surface area contributed by atoms with Crippen molar-refractivity contribution in [2.24, 2.45) is 11.3 Å². The molecule has 0 aliphatic heterocycles. The van der Waals surface area contributed by atoms with E-state index in [9.17, 15) is 9.59 Å². The molecule has 8 nitrogen and oxygen atoms in total. The van der Waals surface area contributed by atoms with E-state index >= 15 is 0 Å². The number of carbonyl (C=O) groups is 2. The monoisotopic (exact) mass is 460 g/mol. The second-order valence-corrected chi connectivity index (χ2v) is 8.36. The van der Waals surface area contributed by atoms with Gasteiger partial charge in [0.1, 0.15) is 6.10 Å². The fourth-order valence-electron chi connectivity index (χ4n) is 5.71. The van der Waals surface area contributed by atoms with Crippen LogP contribution in [0.25, 0.3) is 0 Å². The van der Waals surface area contributed by atoms with Gasteiger partial charge in [-0.1, -0.05) is 13.0 Å². The van der Waals surface area contributed by atoms with Crippen LogP contribution in [0.1, 0.15) is 31.7 Å². The van der Waals surface area contributed by atoms with Crippen LogP contribution in [-0.4, -0.2) is 59.0 Å². The molecule has 1 aromatic carbocycles. The summed E-state index contributed by atoms with van der Waals surface area (Å²) in [4.78, 5) is 26.0. The minimum Gasteiger partial charge on any atom is -0.493 e. The van der Waals surface area contributed by atoms with Crippen LogP contribution in [0.5, 0.6) is 17.2 Å². The van der Waals surface area contributed by atoms with Crippen molar-refractivity contribution in [3.8, 4) is 17.2 Å². The molecule has 0 aromatic heterocycles. The first-order chi connectivity index (χ1) is 15.7. The van der Waals surface area contributed by atoms with E-state index in [4.69, 9.17) is 28.4 Å². The highest BCUT2D eigenvalue weighted by Gasteiger charge is 2.74. The SMILES string of the molecule is C=CC[C@@]12C=C(OC)C(=O)[C@](OC)([C@@H](c3cc(OC)c(OC)c(OC)c3)[C@@H]1C)[C@H]2OC(C)=O. The fourth-order valence-corrected chi connectivity index (χ4v) is 5.71. The normalized spacial score (nSPS) is 30.3. The molecule has 1 fully saturated rings. The number of esters is 1. The van der Waals surface area contributed by atoms with Gasteiger partial charge in [-0.25, -0.2) is 0 Å². The molecule has 3 rings (SSSR count). The number of ketones is 1. The molecule has 0 spiro atoms. The molecule has 0 heterocycles. The second kappa shape index (κ2) is 9.09. The zero-order valence-corrected chi connectivity index (χ0v) is 20.2. The van der Waals surface area contributed by atoms with E-state index in [0.717, 1.165) is 5.56 Å². The Kier molecular flexibility index (Phi) is 6.79. The van der Waals surface area contributed by atoms with Crippen LogP contribution in [0.3, 0.4) is 0 Å². The van der Waals surface area contributed by atoms with Gasteiger partial charge in [0, 0.05) is 25.4 Å². The lowest BCUT2D eigenvalue weighted by molar-refractivity contribution is -0.181. The quantitative estimate of drug-likeness (QED) is 0.409. The summed E-state index contributed by atoms with van der Waals surface area (Å²) in [6.45, 7) is 7.25. The maximum atomic E-state index is 13.8. The van der Waals surface area contributed by atoms with E-state index in [1.807, 2.05) is 6.92 Å². The Morgan fingerprint density at radius 1 is 1.06 bits per heavy atom. The highest BCUT2D eigenvalue weighted by molar-refractivity contribution is 6.04. The van der Waals surface area contributed by atoms with Gasteiger partial charge in [0.05, 0.1) is 28.4 Å². The smallest absolute Gasteiger partial charge is 0.303 e. The zero-order chi connectivity index (χ0) is 24.6. The van der Waals surface area contributed by atoms with E-state index in [-0.39, 0.29) is 17.5 Å². The number of ether oxygens (including phenoxy) is 6. The van der Waals surface area contributed by atoms with Crippen LogP contribution in [-0.2, 0) is 23.8 Å². The molecule has 0 N–H and O–H groups in total.